The summed E-state index contributed by atoms with van der Waals surface area (Å²) in [6, 6.07) is 7.90. The molecule has 0 aliphatic carbocycles. The van der Waals surface area contributed by atoms with E-state index in [1.807, 2.05) is 31.2 Å². The van der Waals surface area contributed by atoms with Gasteiger partial charge in [-0.2, -0.15) is 17.0 Å². The van der Waals surface area contributed by atoms with E-state index in [9.17, 15) is 13.2 Å². The van der Waals surface area contributed by atoms with Crippen molar-refractivity contribution in [2.75, 3.05) is 33.8 Å². The minimum absolute atomic E-state index is 0.153. The molecule has 0 radical (unpaired) electrons. The second-order valence-electron chi connectivity index (χ2n) is 6.83. The smallest absolute Gasteiger partial charge is 0.313 e. The number of benzene rings is 1. The molecule has 1 fully saturated rings. The minimum atomic E-state index is -3.56. The summed E-state index contributed by atoms with van der Waals surface area (Å²) < 4.78 is 33.1. The quantitative estimate of drug-likeness (QED) is 0.720. The summed E-state index contributed by atoms with van der Waals surface area (Å²) in [6.07, 6.45) is 1.75. The van der Waals surface area contributed by atoms with Crippen molar-refractivity contribution in [3.05, 3.63) is 35.4 Å². The van der Waals surface area contributed by atoms with Gasteiger partial charge in [0.15, 0.2) is 0 Å². The molecule has 1 aliphatic rings. The van der Waals surface area contributed by atoms with Crippen LogP contribution in [-0.2, 0) is 26.2 Å². The van der Waals surface area contributed by atoms with Crippen LogP contribution in [0, 0.1) is 12.3 Å². The second-order valence-corrected chi connectivity index (χ2v) is 8.97. The Kier molecular flexibility index (Phi) is 6.24. The van der Waals surface area contributed by atoms with Crippen LogP contribution in [0.5, 0.6) is 0 Å². The maximum atomic E-state index is 12.8. The zero-order valence-electron chi connectivity index (χ0n) is 15.5. The van der Waals surface area contributed by atoms with Crippen LogP contribution in [0.1, 0.15) is 30.9 Å². The highest BCUT2D eigenvalue weighted by molar-refractivity contribution is 7.86. The molecular weight excluding hydrogens is 340 g/mol. The van der Waals surface area contributed by atoms with E-state index in [1.165, 1.54) is 22.7 Å². The predicted octanol–water partition coefficient (Wildman–Crippen LogP) is 1.99. The van der Waals surface area contributed by atoms with Crippen LogP contribution in [0.25, 0.3) is 0 Å². The van der Waals surface area contributed by atoms with Crippen molar-refractivity contribution in [2.24, 2.45) is 5.41 Å². The Bertz CT molecular complexity index is 718. The van der Waals surface area contributed by atoms with Crippen molar-refractivity contribution in [3.8, 4) is 0 Å². The summed E-state index contributed by atoms with van der Waals surface area (Å²) in [4.78, 5) is 12.8. The van der Waals surface area contributed by atoms with Gasteiger partial charge >= 0.3 is 5.97 Å². The first-order valence-electron chi connectivity index (χ1n) is 8.62. The lowest BCUT2D eigenvalue weighted by molar-refractivity contribution is -0.158. The first-order chi connectivity index (χ1) is 11.7. The van der Waals surface area contributed by atoms with Gasteiger partial charge in [-0.05, 0) is 44.2 Å². The summed E-state index contributed by atoms with van der Waals surface area (Å²) >= 11 is 0. The van der Waals surface area contributed by atoms with Crippen molar-refractivity contribution in [1.82, 2.24) is 8.61 Å². The summed E-state index contributed by atoms with van der Waals surface area (Å²) in [5, 5.41) is 0. The minimum Gasteiger partial charge on any atom is -0.466 e. The topological polar surface area (TPSA) is 66.9 Å². The zero-order valence-corrected chi connectivity index (χ0v) is 16.3. The molecular formula is C18H28N2O4S. The number of rotatable bonds is 6. The predicted molar refractivity (Wildman–Crippen MR) is 97.4 cm³/mol. The molecule has 6 nitrogen and oxygen atoms in total. The van der Waals surface area contributed by atoms with Crippen LogP contribution in [0.15, 0.2) is 24.3 Å². The molecule has 7 heteroatoms. The van der Waals surface area contributed by atoms with Gasteiger partial charge in [-0.3, -0.25) is 4.79 Å². The first kappa shape index (κ1) is 19.9. The molecule has 0 bridgehead atoms. The van der Waals surface area contributed by atoms with Crippen molar-refractivity contribution < 1.29 is 17.9 Å². The molecule has 0 spiro atoms. The Balaban J connectivity index is 2.39. The van der Waals surface area contributed by atoms with Crippen LogP contribution in [0.2, 0.25) is 0 Å². The Morgan fingerprint density at radius 3 is 2.60 bits per heavy atom. The van der Waals surface area contributed by atoms with E-state index in [0.29, 0.717) is 25.8 Å². The molecule has 25 heavy (non-hydrogen) atoms. The number of carbonyl (C=O) groups is 1. The van der Waals surface area contributed by atoms with Crippen molar-refractivity contribution >= 4 is 16.2 Å². The zero-order chi connectivity index (χ0) is 18.7. The molecule has 2 rings (SSSR count). The number of nitrogens with zero attached hydrogens (tertiary/aromatic N) is 2. The van der Waals surface area contributed by atoms with Crippen LogP contribution in [0.3, 0.4) is 0 Å². The Hall–Kier alpha value is -1.44. The number of aryl methyl sites for hydroxylation is 1. The lowest BCUT2D eigenvalue weighted by Gasteiger charge is -2.41. The van der Waals surface area contributed by atoms with E-state index in [4.69, 9.17) is 4.74 Å². The maximum Gasteiger partial charge on any atom is 0.313 e. The van der Waals surface area contributed by atoms with Gasteiger partial charge in [-0.1, -0.05) is 24.3 Å². The lowest BCUT2D eigenvalue weighted by Crippen LogP contribution is -2.53. The Morgan fingerprint density at radius 2 is 2.00 bits per heavy atom. The monoisotopic (exact) mass is 368 g/mol. The number of carbonyl (C=O) groups excluding carboxylic acids is 1. The number of piperidine rings is 1. The van der Waals surface area contributed by atoms with Gasteiger partial charge in [0, 0.05) is 27.2 Å². The van der Waals surface area contributed by atoms with Gasteiger partial charge in [-0.15, -0.1) is 0 Å². The lowest BCUT2D eigenvalue weighted by atomic mass is 9.75. The molecule has 1 aromatic carbocycles. The highest BCUT2D eigenvalue weighted by Crippen LogP contribution is 2.37. The summed E-state index contributed by atoms with van der Waals surface area (Å²) in [7, 11) is -0.540. The third-order valence-electron chi connectivity index (χ3n) is 4.83. The van der Waals surface area contributed by atoms with Crippen LogP contribution in [0.4, 0.5) is 0 Å². The fraction of sp³-hybridized carbons (Fsp3) is 0.611. The Labute approximate surface area is 150 Å². The highest BCUT2D eigenvalue weighted by atomic mass is 32.2. The highest BCUT2D eigenvalue weighted by Gasteiger charge is 2.46. The van der Waals surface area contributed by atoms with E-state index < -0.39 is 15.6 Å². The SMILES string of the molecule is CCOC(=O)[C@]1(Cc2ccccc2C)CCCN(S(=O)(=O)N(C)C)C1. The second kappa shape index (κ2) is 7.85. The van der Waals surface area contributed by atoms with E-state index in [1.54, 1.807) is 6.92 Å². The fourth-order valence-electron chi connectivity index (χ4n) is 3.36. The van der Waals surface area contributed by atoms with Crippen molar-refractivity contribution in [2.45, 2.75) is 33.1 Å². The molecule has 1 heterocycles. The van der Waals surface area contributed by atoms with Crippen molar-refractivity contribution in [1.29, 1.82) is 0 Å². The molecule has 0 saturated carbocycles. The normalized spacial score (nSPS) is 22.1. The van der Waals surface area contributed by atoms with Gasteiger partial charge < -0.3 is 4.74 Å². The number of ether oxygens (including phenoxy) is 1. The van der Waals surface area contributed by atoms with Crippen LogP contribution in [-0.4, -0.2) is 56.8 Å². The fourth-order valence-corrected chi connectivity index (χ4v) is 4.59. The average molecular weight is 368 g/mol. The van der Waals surface area contributed by atoms with Gasteiger partial charge in [0.05, 0.1) is 12.0 Å². The Morgan fingerprint density at radius 1 is 1.32 bits per heavy atom. The van der Waals surface area contributed by atoms with E-state index >= 15 is 0 Å². The third kappa shape index (κ3) is 4.22. The third-order valence-corrected chi connectivity index (χ3v) is 6.72. The number of hydrogen-bond donors (Lipinski definition) is 0. The average Bonchev–Trinajstić information content (AvgIpc) is 2.57. The molecule has 1 atom stereocenters. The summed E-state index contributed by atoms with van der Waals surface area (Å²) in [6.45, 7) is 4.65. The van der Waals surface area contributed by atoms with Gasteiger partial charge in [0.25, 0.3) is 10.2 Å². The molecule has 0 aromatic heterocycles. The van der Waals surface area contributed by atoms with Crippen LogP contribution >= 0.6 is 0 Å². The van der Waals surface area contributed by atoms with Gasteiger partial charge in [0.2, 0.25) is 0 Å². The standard InChI is InChI=1S/C18H28N2O4S/c1-5-24-17(21)18(13-16-10-7-6-9-15(16)2)11-8-12-20(14-18)25(22,23)19(3)4/h6-7,9-10H,5,8,11-14H2,1-4H3/t18-/m0/s1. The maximum absolute atomic E-state index is 12.8. The summed E-state index contributed by atoms with van der Waals surface area (Å²) in [5.74, 6) is -0.308. The van der Waals surface area contributed by atoms with Gasteiger partial charge in [0.1, 0.15) is 0 Å². The first-order valence-corrected chi connectivity index (χ1v) is 10.0. The molecule has 1 aromatic rings. The number of hydrogen-bond acceptors (Lipinski definition) is 4. The molecule has 0 N–H and O–H groups in total. The summed E-state index contributed by atoms with van der Waals surface area (Å²) in [5.41, 5.74) is 1.31. The van der Waals surface area contributed by atoms with Gasteiger partial charge in [-0.25, -0.2) is 0 Å². The molecule has 140 valence electrons. The van der Waals surface area contributed by atoms with Crippen LogP contribution < -0.4 is 0 Å². The number of esters is 1. The largest absolute Gasteiger partial charge is 0.466 e. The molecule has 0 unspecified atom stereocenters. The molecule has 0 amide bonds. The van der Waals surface area contributed by atoms with E-state index in [2.05, 4.69) is 0 Å². The molecule has 1 saturated heterocycles. The van der Waals surface area contributed by atoms with E-state index in [-0.39, 0.29) is 19.1 Å². The van der Waals surface area contributed by atoms with Crippen molar-refractivity contribution in [3.63, 3.8) is 0 Å². The molecule has 1 aliphatic heterocycles. The van der Waals surface area contributed by atoms with E-state index in [0.717, 1.165) is 11.1 Å².